The number of ether oxygens (including phenoxy) is 1. The Bertz CT molecular complexity index is 1610. The molecule has 0 bridgehead atoms. The minimum Gasteiger partial charge on any atom is -0.481 e. The summed E-state index contributed by atoms with van der Waals surface area (Å²) < 4.78 is 7.19. The third-order valence-corrected chi connectivity index (χ3v) is 17.5. The third kappa shape index (κ3) is 5.08. The molecule has 8 rings (SSSR count). The Labute approximate surface area is 306 Å². The lowest BCUT2D eigenvalue weighted by molar-refractivity contribution is -0.316. The normalized spacial score (nSPS) is 47.5. The molecule has 0 aromatic carbocycles. The van der Waals surface area contributed by atoms with Gasteiger partial charge in [0.05, 0.1) is 6.10 Å². The molecule has 286 valence electrons. The highest BCUT2D eigenvalue weighted by Gasteiger charge is 2.69. The van der Waals surface area contributed by atoms with E-state index in [1.54, 1.807) is 6.08 Å². The molecule has 0 amide bonds. The summed E-state index contributed by atoms with van der Waals surface area (Å²) in [6, 6.07) is 0. The third-order valence-electron chi connectivity index (χ3n) is 17.5. The predicted molar refractivity (Wildman–Crippen MR) is 188 cm³/mol. The predicted octanol–water partition coefficient (Wildman–Crippen LogP) is 6.10. The Morgan fingerprint density at radius 1 is 0.673 bits per heavy atom. The SMILES string of the molecule is C[C@]12CC[C@@H]3[C@@H](CCC4=CC(=O)CC(OC5(O)CC[C@H]6[C@@H]7CCC8=CC(=O)CC[C@]8(CCC(=O)O)[C@@H]7CC[C@@]65C)[C@@]43CCC(=O)O)[C@@H]1CCC2(O)O. The van der Waals surface area contributed by atoms with Crippen molar-refractivity contribution in [3.8, 4) is 0 Å². The maximum absolute atomic E-state index is 13.5. The molecule has 0 heterocycles. The standard InChI is InChI=1S/C42H58O10/c1-37-14-9-33-29(30(37)10-19-41(37,49)50)6-4-25-22-27(44)23-34(40(25,33)18-13-36(47)48)52-42(51)20-11-31-28-5-3-24-21-26(43)7-16-39(24,17-12-35(45)46)32(28)8-15-38(31,42)2/h21-22,28-34,49-51H,3-20,23H2,1-2H3,(H,45,46)(H,47,48)/t28-,29-,30-,31-,32+,33+,34?,37-,38-,39+,40-,42?/m0/s1. The Hall–Kier alpha value is -2.40. The second kappa shape index (κ2) is 12.3. The van der Waals surface area contributed by atoms with E-state index in [2.05, 4.69) is 6.92 Å². The molecule has 0 aliphatic heterocycles. The van der Waals surface area contributed by atoms with E-state index in [4.69, 9.17) is 4.74 Å². The number of fused-ring (bicyclic) bond motifs is 10. The summed E-state index contributed by atoms with van der Waals surface area (Å²) in [5.74, 6) is -4.18. The molecule has 8 aliphatic carbocycles. The van der Waals surface area contributed by atoms with Gasteiger partial charge < -0.3 is 30.3 Å². The number of carbonyl (C=O) groups excluding carboxylic acids is 2. The first kappa shape index (κ1) is 36.6. The second-order valence-corrected chi connectivity index (χ2v) is 19.0. The summed E-state index contributed by atoms with van der Waals surface area (Å²) in [5, 5.41) is 54.9. The van der Waals surface area contributed by atoms with Crippen LogP contribution in [0.4, 0.5) is 0 Å². The van der Waals surface area contributed by atoms with Gasteiger partial charge in [-0.15, -0.1) is 0 Å². The van der Waals surface area contributed by atoms with E-state index in [-0.39, 0.29) is 71.8 Å². The summed E-state index contributed by atoms with van der Waals surface area (Å²) in [6.45, 7) is 4.14. The maximum atomic E-state index is 13.5. The second-order valence-electron chi connectivity index (χ2n) is 19.0. The molecule has 0 radical (unpaired) electrons. The van der Waals surface area contributed by atoms with Crippen molar-refractivity contribution >= 4 is 23.5 Å². The number of carbonyl (C=O) groups is 4. The monoisotopic (exact) mass is 722 g/mol. The molecule has 12 atom stereocenters. The number of hydrogen-bond donors (Lipinski definition) is 5. The topological polar surface area (TPSA) is 179 Å². The number of aliphatic carboxylic acids is 2. The van der Waals surface area contributed by atoms with Crippen LogP contribution in [0.15, 0.2) is 23.3 Å². The lowest BCUT2D eigenvalue weighted by Gasteiger charge is -2.63. The molecule has 2 unspecified atom stereocenters. The van der Waals surface area contributed by atoms with Gasteiger partial charge in [0.15, 0.2) is 23.1 Å². The maximum Gasteiger partial charge on any atom is 0.303 e. The highest BCUT2D eigenvalue weighted by molar-refractivity contribution is 5.92. The highest BCUT2D eigenvalue weighted by Crippen LogP contribution is 2.72. The number of carboxylic acids is 2. The molecule has 8 aliphatic rings. The van der Waals surface area contributed by atoms with Crippen molar-refractivity contribution < 1.29 is 49.4 Å². The summed E-state index contributed by atoms with van der Waals surface area (Å²) in [5.41, 5.74) is -0.282. The number of hydrogen-bond acceptors (Lipinski definition) is 8. The number of ketones is 2. The zero-order chi connectivity index (χ0) is 37.1. The van der Waals surface area contributed by atoms with Gasteiger partial charge >= 0.3 is 11.9 Å². The van der Waals surface area contributed by atoms with Crippen molar-refractivity contribution in [3.05, 3.63) is 23.3 Å². The van der Waals surface area contributed by atoms with E-state index in [0.29, 0.717) is 70.6 Å². The molecule has 0 aromatic heterocycles. The van der Waals surface area contributed by atoms with Crippen LogP contribution in [0.3, 0.4) is 0 Å². The van der Waals surface area contributed by atoms with Gasteiger partial charge in [0.1, 0.15) is 0 Å². The van der Waals surface area contributed by atoms with E-state index < -0.39 is 45.9 Å². The van der Waals surface area contributed by atoms with E-state index in [1.165, 1.54) is 0 Å². The summed E-state index contributed by atoms with van der Waals surface area (Å²) in [7, 11) is 0. The fraction of sp³-hybridized carbons (Fsp3) is 0.810. The van der Waals surface area contributed by atoms with Crippen LogP contribution in [-0.2, 0) is 23.9 Å². The van der Waals surface area contributed by atoms with Crippen molar-refractivity contribution in [3.63, 3.8) is 0 Å². The van der Waals surface area contributed by atoms with Crippen molar-refractivity contribution in [2.24, 2.45) is 57.2 Å². The quantitative estimate of drug-likeness (QED) is 0.184. The highest BCUT2D eigenvalue weighted by atomic mass is 16.6. The first-order chi connectivity index (χ1) is 24.5. The van der Waals surface area contributed by atoms with Crippen LogP contribution >= 0.6 is 0 Å². The molecule has 10 heteroatoms. The van der Waals surface area contributed by atoms with Crippen LogP contribution in [-0.4, -0.2) is 66.7 Å². The average molecular weight is 723 g/mol. The molecule has 6 saturated carbocycles. The Morgan fingerprint density at radius 2 is 1.25 bits per heavy atom. The van der Waals surface area contributed by atoms with Crippen LogP contribution in [0.2, 0.25) is 0 Å². The molecule has 0 aromatic rings. The summed E-state index contributed by atoms with van der Waals surface area (Å²) in [4.78, 5) is 50.2. The van der Waals surface area contributed by atoms with Crippen molar-refractivity contribution in [2.75, 3.05) is 0 Å². The number of carboxylic acid groups (broad SMARTS) is 2. The Balaban J connectivity index is 1.13. The molecule has 0 saturated heterocycles. The van der Waals surface area contributed by atoms with Gasteiger partial charge in [0, 0.05) is 54.8 Å². The largest absolute Gasteiger partial charge is 0.481 e. The molecular formula is C42H58O10. The number of rotatable bonds is 8. The van der Waals surface area contributed by atoms with Gasteiger partial charge in [0.25, 0.3) is 0 Å². The van der Waals surface area contributed by atoms with Crippen molar-refractivity contribution in [1.29, 1.82) is 0 Å². The summed E-state index contributed by atoms with van der Waals surface area (Å²) in [6.07, 6.45) is 12.8. The van der Waals surface area contributed by atoms with E-state index in [9.17, 15) is 44.7 Å². The van der Waals surface area contributed by atoms with Gasteiger partial charge in [-0.1, -0.05) is 25.0 Å². The zero-order valence-electron chi connectivity index (χ0n) is 30.9. The summed E-state index contributed by atoms with van der Waals surface area (Å²) >= 11 is 0. The van der Waals surface area contributed by atoms with Gasteiger partial charge in [-0.3, -0.25) is 19.2 Å². The van der Waals surface area contributed by atoms with E-state index >= 15 is 0 Å². The zero-order valence-corrected chi connectivity index (χ0v) is 30.9. The van der Waals surface area contributed by atoms with E-state index in [1.807, 2.05) is 13.0 Å². The number of allylic oxidation sites excluding steroid dienone is 1. The van der Waals surface area contributed by atoms with E-state index in [0.717, 1.165) is 43.3 Å². The van der Waals surface area contributed by atoms with Gasteiger partial charge in [-0.25, -0.2) is 0 Å². The Kier molecular flexibility index (Phi) is 8.65. The van der Waals surface area contributed by atoms with Crippen LogP contribution in [0, 0.1) is 57.2 Å². The van der Waals surface area contributed by atoms with Crippen molar-refractivity contribution in [2.45, 2.75) is 154 Å². The minimum atomic E-state index is -1.75. The van der Waals surface area contributed by atoms with Gasteiger partial charge in [-0.2, -0.15) is 0 Å². The first-order valence-electron chi connectivity index (χ1n) is 20.3. The first-order valence-corrected chi connectivity index (χ1v) is 20.3. The average Bonchev–Trinajstić information content (AvgIpc) is 3.49. The van der Waals surface area contributed by atoms with Crippen LogP contribution < -0.4 is 0 Å². The fourth-order valence-corrected chi connectivity index (χ4v) is 14.9. The van der Waals surface area contributed by atoms with Crippen LogP contribution in [0.1, 0.15) is 136 Å². The van der Waals surface area contributed by atoms with Crippen molar-refractivity contribution in [1.82, 2.24) is 0 Å². The molecular weight excluding hydrogens is 664 g/mol. The molecule has 52 heavy (non-hydrogen) atoms. The minimum absolute atomic E-state index is 0.00655. The lowest BCUT2D eigenvalue weighted by Crippen LogP contribution is -2.62. The van der Waals surface area contributed by atoms with Gasteiger partial charge in [-0.05, 0) is 137 Å². The lowest BCUT2D eigenvalue weighted by atomic mass is 9.44. The van der Waals surface area contributed by atoms with Crippen LogP contribution in [0.25, 0.3) is 0 Å². The fourth-order valence-electron chi connectivity index (χ4n) is 14.9. The Morgan fingerprint density at radius 3 is 1.98 bits per heavy atom. The smallest absolute Gasteiger partial charge is 0.303 e. The van der Waals surface area contributed by atoms with Crippen LogP contribution in [0.5, 0.6) is 0 Å². The molecule has 0 spiro atoms. The molecule has 10 nitrogen and oxygen atoms in total. The van der Waals surface area contributed by atoms with Gasteiger partial charge in [0.2, 0.25) is 0 Å². The molecule has 6 fully saturated rings. The molecule has 5 N–H and O–H groups in total. The number of aliphatic hydroxyl groups is 3.